The molecule has 0 amide bonds. The van der Waals surface area contributed by atoms with Crippen LogP contribution in [-0.4, -0.2) is 5.78 Å². The number of fused-ring (bicyclic) bond motifs is 1. The van der Waals surface area contributed by atoms with E-state index in [0.717, 1.165) is 23.1 Å². The van der Waals surface area contributed by atoms with Crippen molar-refractivity contribution in [3.63, 3.8) is 0 Å². The molecule has 0 spiro atoms. The predicted octanol–water partition coefficient (Wildman–Crippen LogP) is 1.69. The lowest BCUT2D eigenvalue weighted by Gasteiger charge is -1.99. The minimum absolute atomic E-state index is 0.181. The van der Waals surface area contributed by atoms with Crippen molar-refractivity contribution < 1.29 is 4.79 Å². The Bertz CT molecular complexity index is 497. The van der Waals surface area contributed by atoms with E-state index in [-0.39, 0.29) is 5.78 Å². The van der Waals surface area contributed by atoms with E-state index in [0.29, 0.717) is 6.42 Å². The van der Waals surface area contributed by atoms with Gasteiger partial charge in [0.05, 0.1) is 0 Å². The third kappa shape index (κ3) is 1.28. The van der Waals surface area contributed by atoms with Gasteiger partial charge >= 0.3 is 0 Å². The highest BCUT2D eigenvalue weighted by Gasteiger charge is 2.20. The van der Waals surface area contributed by atoms with Gasteiger partial charge in [-0.2, -0.15) is 5.26 Å². The topological polar surface area (TPSA) is 40.9 Å². The van der Waals surface area contributed by atoms with Gasteiger partial charge in [-0.3, -0.25) is 4.79 Å². The summed E-state index contributed by atoms with van der Waals surface area (Å²) in [6.45, 7) is 0. The van der Waals surface area contributed by atoms with Crippen LogP contribution in [0.2, 0.25) is 0 Å². The van der Waals surface area contributed by atoms with Crippen molar-refractivity contribution in [2.45, 2.75) is 12.8 Å². The Kier molecular flexibility index (Phi) is 2.05. The number of rotatable bonds is 0. The second-order valence-electron chi connectivity index (χ2n) is 3.12. The molecule has 0 aliphatic heterocycles. The maximum Gasteiger partial charge on any atom is 0.163 e. The first-order valence-corrected chi connectivity index (χ1v) is 4.38. The van der Waals surface area contributed by atoms with Crippen molar-refractivity contribution in [3.8, 4) is 17.9 Å². The summed E-state index contributed by atoms with van der Waals surface area (Å²) in [6, 6.07) is 7.25. The Morgan fingerprint density at radius 3 is 2.93 bits per heavy atom. The molecule has 0 saturated carbocycles. The van der Waals surface area contributed by atoms with E-state index in [1.165, 1.54) is 0 Å². The summed E-state index contributed by atoms with van der Waals surface area (Å²) >= 11 is 0. The highest BCUT2D eigenvalue weighted by atomic mass is 16.1. The van der Waals surface area contributed by atoms with Crippen molar-refractivity contribution in [3.05, 3.63) is 34.9 Å². The van der Waals surface area contributed by atoms with Crippen LogP contribution in [-0.2, 0) is 6.42 Å². The van der Waals surface area contributed by atoms with E-state index in [1.807, 2.05) is 18.2 Å². The molecule has 1 aromatic carbocycles. The summed E-state index contributed by atoms with van der Waals surface area (Å²) < 4.78 is 0. The molecule has 0 bridgehead atoms. The molecule has 0 radical (unpaired) electrons. The molecule has 0 atom stereocenters. The van der Waals surface area contributed by atoms with E-state index in [1.54, 1.807) is 6.07 Å². The van der Waals surface area contributed by atoms with E-state index in [2.05, 4.69) is 11.8 Å². The number of benzene rings is 1. The first kappa shape index (κ1) is 8.53. The molecule has 0 fully saturated rings. The molecule has 66 valence electrons. The van der Waals surface area contributed by atoms with Crippen LogP contribution >= 0.6 is 0 Å². The van der Waals surface area contributed by atoms with Crippen LogP contribution in [0.4, 0.5) is 0 Å². The molecule has 1 aliphatic carbocycles. The van der Waals surface area contributed by atoms with Crippen molar-refractivity contribution in [2.75, 3.05) is 0 Å². The summed E-state index contributed by atoms with van der Waals surface area (Å²) in [5.74, 6) is 5.29. The Morgan fingerprint density at radius 1 is 1.29 bits per heavy atom. The fourth-order valence-electron chi connectivity index (χ4n) is 1.70. The highest BCUT2D eigenvalue weighted by molar-refractivity contribution is 6.01. The van der Waals surface area contributed by atoms with Crippen molar-refractivity contribution in [1.82, 2.24) is 0 Å². The summed E-state index contributed by atoms with van der Waals surface area (Å²) in [5, 5.41) is 8.34. The minimum Gasteiger partial charge on any atom is -0.294 e. The largest absolute Gasteiger partial charge is 0.294 e. The molecule has 1 aliphatic rings. The van der Waals surface area contributed by atoms with Crippen molar-refractivity contribution in [2.24, 2.45) is 0 Å². The lowest BCUT2D eigenvalue weighted by Crippen LogP contribution is -1.91. The smallest absolute Gasteiger partial charge is 0.163 e. The average Bonchev–Trinajstić information content (AvgIpc) is 2.58. The van der Waals surface area contributed by atoms with Crippen LogP contribution in [0.25, 0.3) is 0 Å². The van der Waals surface area contributed by atoms with Gasteiger partial charge in [-0.05, 0) is 18.1 Å². The first-order valence-electron chi connectivity index (χ1n) is 4.38. The molecular weight excluding hydrogens is 174 g/mol. The van der Waals surface area contributed by atoms with Crippen LogP contribution in [0, 0.1) is 23.2 Å². The van der Waals surface area contributed by atoms with Gasteiger partial charge in [0.1, 0.15) is 0 Å². The zero-order valence-corrected chi connectivity index (χ0v) is 7.50. The van der Waals surface area contributed by atoms with Crippen LogP contribution < -0.4 is 0 Å². The van der Waals surface area contributed by atoms with Gasteiger partial charge < -0.3 is 0 Å². The monoisotopic (exact) mass is 181 g/mol. The van der Waals surface area contributed by atoms with Crippen molar-refractivity contribution >= 4 is 5.78 Å². The van der Waals surface area contributed by atoms with Gasteiger partial charge in [0.2, 0.25) is 0 Å². The number of carbonyl (C=O) groups excluding carboxylic acids is 1. The first-order chi connectivity index (χ1) is 6.83. The number of hydrogen-bond acceptors (Lipinski definition) is 2. The minimum atomic E-state index is 0.181. The summed E-state index contributed by atoms with van der Waals surface area (Å²) in [7, 11) is 0. The van der Waals surface area contributed by atoms with Crippen LogP contribution in [0.3, 0.4) is 0 Å². The third-order valence-corrected chi connectivity index (χ3v) is 2.33. The van der Waals surface area contributed by atoms with Crippen LogP contribution in [0.15, 0.2) is 18.2 Å². The van der Waals surface area contributed by atoms with E-state index in [4.69, 9.17) is 5.26 Å². The summed E-state index contributed by atoms with van der Waals surface area (Å²) in [6.07, 6.45) is 1.32. The molecule has 2 heteroatoms. The average molecular weight is 181 g/mol. The lowest BCUT2D eigenvalue weighted by molar-refractivity contribution is 0.0994. The summed E-state index contributed by atoms with van der Waals surface area (Å²) in [5.41, 5.74) is 2.59. The number of carbonyl (C=O) groups is 1. The highest BCUT2D eigenvalue weighted by Crippen LogP contribution is 2.24. The Morgan fingerprint density at radius 2 is 2.14 bits per heavy atom. The zero-order valence-electron chi connectivity index (χ0n) is 7.50. The normalized spacial score (nSPS) is 12.6. The van der Waals surface area contributed by atoms with Gasteiger partial charge in [-0.15, -0.1) is 0 Å². The maximum atomic E-state index is 11.4. The van der Waals surface area contributed by atoms with Crippen LogP contribution in [0.1, 0.15) is 27.9 Å². The van der Waals surface area contributed by atoms with E-state index in [9.17, 15) is 4.79 Å². The fourth-order valence-corrected chi connectivity index (χ4v) is 1.70. The lowest BCUT2D eigenvalue weighted by atomic mass is 10.0. The molecule has 0 aromatic heterocycles. The van der Waals surface area contributed by atoms with Gasteiger partial charge in [-0.25, -0.2) is 0 Å². The van der Waals surface area contributed by atoms with Gasteiger partial charge in [0.25, 0.3) is 0 Å². The maximum absolute atomic E-state index is 11.4. The Balaban J connectivity index is 2.56. The number of ketones is 1. The van der Waals surface area contributed by atoms with E-state index >= 15 is 0 Å². The molecule has 0 heterocycles. The number of nitrogens with zero attached hydrogens (tertiary/aromatic N) is 1. The Hall–Kier alpha value is -2.06. The zero-order chi connectivity index (χ0) is 9.97. The molecule has 0 saturated heterocycles. The Labute approximate surface area is 82.2 Å². The molecule has 1 aromatic rings. The molecule has 0 N–H and O–H groups in total. The molecule has 14 heavy (non-hydrogen) atoms. The number of hydrogen-bond donors (Lipinski definition) is 0. The second-order valence-corrected chi connectivity index (χ2v) is 3.12. The van der Waals surface area contributed by atoms with Crippen LogP contribution in [0.5, 0.6) is 0 Å². The molecule has 2 nitrogen and oxygen atoms in total. The quantitative estimate of drug-likeness (QED) is 0.571. The standard InChI is InChI=1S/C12H7NO/c13-8-2-4-9-3-1-5-11-10(9)6-7-12(11)14/h1,3,5H,6-7H2. The fraction of sp³-hybridized carbons (Fsp3) is 0.167. The second kappa shape index (κ2) is 3.36. The SMILES string of the molecule is N#CC#Cc1cccc2c1CCC2=O. The summed E-state index contributed by atoms with van der Waals surface area (Å²) in [4.78, 5) is 11.4. The molecule has 2 rings (SSSR count). The van der Waals surface area contributed by atoms with E-state index < -0.39 is 0 Å². The molecule has 0 unspecified atom stereocenters. The third-order valence-electron chi connectivity index (χ3n) is 2.33. The number of nitriles is 1. The predicted molar refractivity (Wildman–Crippen MR) is 51.6 cm³/mol. The van der Waals surface area contributed by atoms with Gasteiger partial charge in [-0.1, -0.05) is 18.1 Å². The molecular formula is C12H7NO. The van der Waals surface area contributed by atoms with Crippen molar-refractivity contribution in [1.29, 1.82) is 5.26 Å². The number of Topliss-reactive ketones (excluding diaryl/α,β-unsaturated/α-hetero) is 1. The van der Waals surface area contributed by atoms with Gasteiger partial charge in [0.15, 0.2) is 11.9 Å². The van der Waals surface area contributed by atoms with Gasteiger partial charge in [0, 0.05) is 23.5 Å².